The lowest BCUT2D eigenvalue weighted by molar-refractivity contribution is -0.119. The van der Waals surface area contributed by atoms with Crippen LogP contribution in [0.15, 0.2) is 24.3 Å². The van der Waals surface area contributed by atoms with E-state index in [0.29, 0.717) is 18.2 Å². The fraction of sp³-hybridized carbons (Fsp3) is 0.588. The Labute approximate surface area is 128 Å². The Balaban J connectivity index is 2.62. The molecule has 0 spiro atoms. The van der Waals surface area contributed by atoms with E-state index in [9.17, 15) is 4.79 Å². The van der Waals surface area contributed by atoms with Crippen LogP contribution in [0.4, 0.5) is 11.4 Å². The van der Waals surface area contributed by atoms with Gasteiger partial charge in [-0.3, -0.25) is 9.69 Å². The molecule has 0 aliphatic heterocycles. The van der Waals surface area contributed by atoms with Gasteiger partial charge in [-0.05, 0) is 36.7 Å². The van der Waals surface area contributed by atoms with Gasteiger partial charge in [0.15, 0.2) is 0 Å². The van der Waals surface area contributed by atoms with Crippen molar-refractivity contribution in [3.8, 4) is 0 Å². The number of nitrogens with two attached hydrogens (primary N) is 1. The predicted octanol–water partition coefficient (Wildman–Crippen LogP) is 2.99. The molecule has 1 aromatic carbocycles. The summed E-state index contributed by atoms with van der Waals surface area (Å²) < 4.78 is 0. The largest absolute Gasteiger partial charge is 0.399 e. The zero-order valence-corrected chi connectivity index (χ0v) is 13.8. The van der Waals surface area contributed by atoms with Crippen LogP contribution in [0, 0.1) is 5.92 Å². The molecule has 0 aromatic heterocycles. The number of hydrogen-bond acceptors (Lipinski definition) is 3. The van der Waals surface area contributed by atoms with E-state index in [0.717, 1.165) is 31.6 Å². The van der Waals surface area contributed by atoms with Crippen LogP contribution in [0.2, 0.25) is 0 Å². The second-order valence-corrected chi connectivity index (χ2v) is 5.55. The highest BCUT2D eigenvalue weighted by Crippen LogP contribution is 2.16. The topological polar surface area (TPSA) is 49.6 Å². The fourth-order valence-electron chi connectivity index (χ4n) is 2.36. The van der Waals surface area contributed by atoms with Gasteiger partial charge in [0.1, 0.15) is 0 Å². The van der Waals surface area contributed by atoms with Gasteiger partial charge in [-0.1, -0.05) is 33.6 Å². The Hall–Kier alpha value is -1.55. The first kappa shape index (κ1) is 17.5. The highest BCUT2D eigenvalue weighted by molar-refractivity contribution is 5.94. The molecule has 0 saturated carbocycles. The number of rotatable bonds is 8. The standard InChI is InChI=1S/C17H29N3O/c1-5-14(6-2)12-20(7-3)13-17(21)19(4)16-10-8-15(18)9-11-16/h8-11,14H,5-7,12-13,18H2,1-4H3. The van der Waals surface area contributed by atoms with E-state index < -0.39 is 0 Å². The highest BCUT2D eigenvalue weighted by atomic mass is 16.2. The number of nitrogens with zero attached hydrogens (tertiary/aromatic N) is 2. The molecule has 0 aliphatic carbocycles. The lowest BCUT2D eigenvalue weighted by atomic mass is 10.0. The molecule has 1 aromatic rings. The average molecular weight is 291 g/mol. The normalized spacial score (nSPS) is 11.1. The molecule has 4 heteroatoms. The van der Waals surface area contributed by atoms with Crippen molar-refractivity contribution in [2.75, 3.05) is 37.3 Å². The molecule has 118 valence electrons. The molecule has 0 saturated heterocycles. The summed E-state index contributed by atoms with van der Waals surface area (Å²) >= 11 is 0. The Kier molecular flexibility index (Phi) is 7.23. The number of anilines is 2. The summed E-state index contributed by atoms with van der Waals surface area (Å²) in [6, 6.07) is 7.40. The number of carbonyl (C=O) groups excluding carboxylic acids is 1. The van der Waals surface area contributed by atoms with Crippen LogP contribution in [-0.4, -0.2) is 37.5 Å². The lowest BCUT2D eigenvalue weighted by Crippen LogP contribution is -2.40. The van der Waals surface area contributed by atoms with Crippen molar-refractivity contribution in [1.29, 1.82) is 0 Å². The molecule has 2 N–H and O–H groups in total. The minimum absolute atomic E-state index is 0.118. The zero-order valence-electron chi connectivity index (χ0n) is 13.8. The highest BCUT2D eigenvalue weighted by Gasteiger charge is 2.17. The third-order valence-electron chi connectivity index (χ3n) is 4.13. The minimum atomic E-state index is 0.118. The van der Waals surface area contributed by atoms with E-state index in [4.69, 9.17) is 5.73 Å². The molecule has 0 fully saturated rings. The summed E-state index contributed by atoms with van der Waals surface area (Å²) in [5.41, 5.74) is 7.27. The van der Waals surface area contributed by atoms with Crippen molar-refractivity contribution >= 4 is 17.3 Å². The number of likely N-dealkylation sites (N-methyl/N-ethyl adjacent to an activating group) is 2. The number of hydrogen-bond donors (Lipinski definition) is 1. The number of benzene rings is 1. The van der Waals surface area contributed by atoms with Crippen LogP contribution in [-0.2, 0) is 4.79 Å². The molecular weight excluding hydrogens is 262 g/mol. The predicted molar refractivity (Wildman–Crippen MR) is 90.5 cm³/mol. The first-order valence-corrected chi connectivity index (χ1v) is 7.86. The summed E-state index contributed by atoms with van der Waals surface area (Å²) in [4.78, 5) is 16.3. The fourth-order valence-corrected chi connectivity index (χ4v) is 2.36. The van der Waals surface area contributed by atoms with Gasteiger partial charge in [-0.2, -0.15) is 0 Å². The summed E-state index contributed by atoms with van der Waals surface area (Å²) in [5.74, 6) is 0.784. The second kappa shape index (κ2) is 8.67. The van der Waals surface area contributed by atoms with E-state index >= 15 is 0 Å². The van der Waals surface area contributed by atoms with Gasteiger partial charge in [0, 0.05) is 25.0 Å². The molecule has 0 atom stereocenters. The first-order chi connectivity index (χ1) is 10.0. The second-order valence-electron chi connectivity index (χ2n) is 5.55. The molecule has 4 nitrogen and oxygen atoms in total. The Morgan fingerprint density at radius 1 is 1.14 bits per heavy atom. The molecule has 0 bridgehead atoms. The Morgan fingerprint density at radius 3 is 2.19 bits per heavy atom. The van der Waals surface area contributed by atoms with Crippen molar-refractivity contribution in [2.45, 2.75) is 33.6 Å². The maximum Gasteiger partial charge on any atom is 0.240 e. The van der Waals surface area contributed by atoms with Gasteiger partial charge < -0.3 is 10.6 Å². The molecule has 1 amide bonds. The third-order valence-corrected chi connectivity index (χ3v) is 4.13. The molecule has 21 heavy (non-hydrogen) atoms. The van der Waals surface area contributed by atoms with Crippen LogP contribution < -0.4 is 10.6 Å². The Bertz CT molecular complexity index is 426. The van der Waals surface area contributed by atoms with Gasteiger partial charge in [0.05, 0.1) is 6.54 Å². The summed E-state index contributed by atoms with van der Waals surface area (Å²) in [7, 11) is 1.82. The molecular formula is C17H29N3O. The molecule has 0 aliphatic rings. The van der Waals surface area contributed by atoms with E-state index in [-0.39, 0.29) is 5.91 Å². The van der Waals surface area contributed by atoms with Gasteiger partial charge in [-0.25, -0.2) is 0 Å². The minimum Gasteiger partial charge on any atom is -0.399 e. The molecule has 0 heterocycles. The first-order valence-electron chi connectivity index (χ1n) is 7.86. The van der Waals surface area contributed by atoms with Crippen molar-refractivity contribution in [3.63, 3.8) is 0 Å². The lowest BCUT2D eigenvalue weighted by Gasteiger charge is -2.27. The smallest absolute Gasteiger partial charge is 0.240 e. The number of carbonyl (C=O) groups is 1. The SMILES string of the molecule is CCC(CC)CN(CC)CC(=O)N(C)c1ccc(N)cc1. The van der Waals surface area contributed by atoms with E-state index in [1.165, 1.54) is 0 Å². The Morgan fingerprint density at radius 2 is 1.71 bits per heavy atom. The van der Waals surface area contributed by atoms with Gasteiger partial charge in [0.2, 0.25) is 5.91 Å². The maximum atomic E-state index is 12.4. The van der Waals surface area contributed by atoms with Crippen molar-refractivity contribution in [3.05, 3.63) is 24.3 Å². The zero-order chi connectivity index (χ0) is 15.8. The maximum absolute atomic E-state index is 12.4. The summed E-state index contributed by atoms with van der Waals surface area (Å²) in [6.45, 7) is 8.89. The van der Waals surface area contributed by atoms with E-state index in [2.05, 4.69) is 25.7 Å². The molecule has 1 rings (SSSR count). The van der Waals surface area contributed by atoms with Crippen molar-refractivity contribution < 1.29 is 4.79 Å². The summed E-state index contributed by atoms with van der Waals surface area (Å²) in [5, 5.41) is 0. The van der Waals surface area contributed by atoms with E-state index in [1.807, 2.05) is 31.3 Å². The third kappa shape index (κ3) is 5.38. The monoisotopic (exact) mass is 291 g/mol. The van der Waals surface area contributed by atoms with Crippen LogP contribution in [0.5, 0.6) is 0 Å². The number of amides is 1. The van der Waals surface area contributed by atoms with Gasteiger partial charge in [0.25, 0.3) is 0 Å². The molecule has 0 radical (unpaired) electrons. The number of nitrogen functional groups attached to an aromatic ring is 1. The van der Waals surface area contributed by atoms with Crippen LogP contribution in [0.25, 0.3) is 0 Å². The quantitative estimate of drug-likeness (QED) is 0.749. The van der Waals surface area contributed by atoms with Gasteiger partial charge in [-0.15, -0.1) is 0 Å². The van der Waals surface area contributed by atoms with Crippen molar-refractivity contribution in [2.24, 2.45) is 5.92 Å². The molecule has 0 unspecified atom stereocenters. The van der Waals surface area contributed by atoms with Crippen LogP contribution >= 0.6 is 0 Å². The average Bonchev–Trinajstić information content (AvgIpc) is 2.51. The van der Waals surface area contributed by atoms with Gasteiger partial charge >= 0.3 is 0 Å². The van der Waals surface area contributed by atoms with Crippen molar-refractivity contribution in [1.82, 2.24) is 4.90 Å². The summed E-state index contributed by atoms with van der Waals surface area (Å²) in [6.07, 6.45) is 2.32. The van der Waals surface area contributed by atoms with Crippen LogP contribution in [0.1, 0.15) is 33.6 Å². The van der Waals surface area contributed by atoms with E-state index in [1.54, 1.807) is 4.90 Å². The van der Waals surface area contributed by atoms with Crippen LogP contribution in [0.3, 0.4) is 0 Å².